The maximum atomic E-state index is 12.7. The van der Waals surface area contributed by atoms with Crippen LogP contribution in [0.1, 0.15) is 55.9 Å². The van der Waals surface area contributed by atoms with Crippen LogP contribution >= 0.6 is 0 Å². The number of nitrogens with zero attached hydrogens (tertiary/aromatic N) is 3. The first-order valence-corrected chi connectivity index (χ1v) is 11.5. The molecule has 2 saturated heterocycles. The van der Waals surface area contributed by atoms with Crippen molar-refractivity contribution in [3.63, 3.8) is 0 Å². The van der Waals surface area contributed by atoms with Gasteiger partial charge in [0.1, 0.15) is 0 Å². The van der Waals surface area contributed by atoms with E-state index in [1.807, 2.05) is 22.5 Å². The van der Waals surface area contributed by atoms with Crippen LogP contribution in [0.15, 0.2) is 23.0 Å². The monoisotopic (exact) mass is 427 g/mol. The molecule has 0 bridgehead atoms. The summed E-state index contributed by atoms with van der Waals surface area (Å²) in [6.07, 6.45) is 3.85. The maximum Gasteiger partial charge on any atom is 0.326 e. The molecule has 0 unspecified atom stereocenters. The van der Waals surface area contributed by atoms with Crippen molar-refractivity contribution in [2.45, 2.75) is 45.6 Å². The van der Waals surface area contributed by atoms with Crippen LogP contribution in [0.3, 0.4) is 0 Å². The van der Waals surface area contributed by atoms with Crippen LogP contribution in [0, 0.1) is 5.92 Å². The normalized spacial score (nSPS) is 19.1. The van der Waals surface area contributed by atoms with E-state index in [0.717, 1.165) is 57.4 Å². The quantitative estimate of drug-likeness (QED) is 0.763. The van der Waals surface area contributed by atoms with Gasteiger partial charge in [0.05, 0.1) is 17.6 Å². The van der Waals surface area contributed by atoms with Gasteiger partial charge in [0.2, 0.25) is 5.91 Å². The Morgan fingerprint density at radius 3 is 2.48 bits per heavy atom. The Balaban J connectivity index is 1.39. The zero-order valence-corrected chi connectivity index (χ0v) is 18.5. The lowest BCUT2D eigenvalue weighted by Gasteiger charge is -2.35. The lowest BCUT2D eigenvalue weighted by molar-refractivity contribution is -0.134. The second-order valence-corrected chi connectivity index (χ2v) is 8.96. The third kappa shape index (κ3) is 4.69. The van der Waals surface area contributed by atoms with E-state index in [1.54, 1.807) is 12.1 Å². The Hall–Kier alpha value is -2.61. The highest BCUT2D eigenvalue weighted by Crippen LogP contribution is 2.25. The zero-order chi connectivity index (χ0) is 22.0. The van der Waals surface area contributed by atoms with Crippen LogP contribution in [-0.4, -0.2) is 70.4 Å². The molecule has 2 aromatic rings. The van der Waals surface area contributed by atoms with Crippen molar-refractivity contribution >= 4 is 22.8 Å². The summed E-state index contributed by atoms with van der Waals surface area (Å²) in [4.78, 5) is 44.5. The first-order chi connectivity index (χ1) is 15.0. The topological polar surface area (TPSA) is 90.4 Å². The number of piperidine rings is 2. The van der Waals surface area contributed by atoms with Crippen LogP contribution in [0.2, 0.25) is 0 Å². The Bertz CT molecular complexity index is 994. The number of rotatable bonds is 5. The van der Waals surface area contributed by atoms with Gasteiger partial charge in [-0.15, -0.1) is 0 Å². The number of H-pyrrole nitrogens is 1. The molecule has 0 atom stereocenters. The van der Waals surface area contributed by atoms with Crippen LogP contribution in [0.4, 0.5) is 0 Å². The van der Waals surface area contributed by atoms with Crippen molar-refractivity contribution in [2.75, 3.05) is 39.3 Å². The Morgan fingerprint density at radius 1 is 1.10 bits per heavy atom. The summed E-state index contributed by atoms with van der Waals surface area (Å²) in [5.74, 6) is 0.804. The molecular weight excluding hydrogens is 394 g/mol. The minimum absolute atomic E-state index is 0.0961. The molecule has 0 aliphatic carbocycles. The predicted molar refractivity (Wildman–Crippen MR) is 120 cm³/mol. The molecule has 2 fully saturated rings. The van der Waals surface area contributed by atoms with Crippen molar-refractivity contribution in [1.82, 2.24) is 24.7 Å². The molecule has 2 N–H and O–H groups in total. The average molecular weight is 428 g/mol. The number of hydrogen-bond donors (Lipinski definition) is 2. The molecule has 31 heavy (non-hydrogen) atoms. The molecule has 2 aliphatic heterocycles. The van der Waals surface area contributed by atoms with E-state index in [2.05, 4.69) is 22.1 Å². The van der Waals surface area contributed by atoms with E-state index in [1.165, 1.54) is 0 Å². The molecule has 0 spiro atoms. The van der Waals surface area contributed by atoms with Crippen molar-refractivity contribution in [3.05, 3.63) is 34.2 Å². The zero-order valence-electron chi connectivity index (χ0n) is 18.5. The summed E-state index contributed by atoms with van der Waals surface area (Å²) in [5, 5.41) is 2.78. The fourth-order valence-corrected chi connectivity index (χ4v) is 4.78. The third-order valence-electron chi connectivity index (χ3n) is 6.73. The number of fused-ring (bicyclic) bond motifs is 1. The number of likely N-dealkylation sites (tertiary alicyclic amines) is 2. The number of carbonyl (C=O) groups is 2. The third-order valence-corrected chi connectivity index (χ3v) is 6.73. The second-order valence-electron chi connectivity index (χ2n) is 8.96. The highest BCUT2D eigenvalue weighted by Gasteiger charge is 2.27. The summed E-state index contributed by atoms with van der Waals surface area (Å²) in [6.45, 7) is 8.51. The van der Waals surface area contributed by atoms with E-state index in [-0.39, 0.29) is 23.5 Å². The van der Waals surface area contributed by atoms with E-state index < -0.39 is 0 Å². The Labute approximate surface area is 182 Å². The van der Waals surface area contributed by atoms with Crippen molar-refractivity contribution in [1.29, 1.82) is 0 Å². The van der Waals surface area contributed by atoms with Gasteiger partial charge in [0.25, 0.3) is 5.91 Å². The summed E-state index contributed by atoms with van der Waals surface area (Å²) < 4.78 is 1.82. The Kier molecular flexibility index (Phi) is 6.46. The first kappa shape index (κ1) is 21.6. The van der Waals surface area contributed by atoms with Gasteiger partial charge in [-0.05, 0) is 56.7 Å². The molecule has 1 aromatic carbocycles. The molecule has 0 radical (unpaired) electrons. The highest BCUT2D eigenvalue weighted by molar-refractivity contribution is 5.97. The standard InChI is InChI=1S/C23H33N5O3/c1-3-24-22(30)17-4-5-20-19(14-17)25-23(31)28(20)18-8-10-26(11-9-18)15-21(29)27-12-6-16(2)7-13-27/h4-5,14,16,18H,3,6-13,15H2,1-2H3,(H,24,30)(H,25,31). The van der Waals surface area contributed by atoms with Gasteiger partial charge in [0.15, 0.2) is 0 Å². The molecule has 168 valence electrons. The number of amides is 2. The second kappa shape index (κ2) is 9.26. The first-order valence-electron chi connectivity index (χ1n) is 11.5. The SMILES string of the molecule is CCNC(=O)c1ccc2c(c1)[nH]c(=O)n2C1CCN(CC(=O)N2CCC(C)CC2)CC1. The number of imidazole rings is 1. The molecule has 1 aromatic heterocycles. The number of nitrogens with one attached hydrogen (secondary N) is 2. The predicted octanol–water partition coefficient (Wildman–Crippen LogP) is 1.97. The van der Waals surface area contributed by atoms with Gasteiger partial charge in [0, 0.05) is 44.3 Å². The molecule has 8 nitrogen and oxygen atoms in total. The number of carbonyl (C=O) groups excluding carboxylic acids is 2. The minimum atomic E-state index is -0.140. The molecule has 3 heterocycles. The van der Waals surface area contributed by atoms with Gasteiger partial charge in [-0.25, -0.2) is 4.79 Å². The molecular formula is C23H33N5O3. The van der Waals surface area contributed by atoms with Gasteiger partial charge in [-0.1, -0.05) is 6.92 Å². The molecule has 0 saturated carbocycles. The number of aromatic amines is 1. The van der Waals surface area contributed by atoms with E-state index >= 15 is 0 Å². The summed E-state index contributed by atoms with van der Waals surface area (Å²) in [6, 6.07) is 5.46. The van der Waals surface area contributed by atoms with E-state index in [0.29, 0.717) is 30.1 Å². The lowest BCUT2D eigenvalue weighted by Crippen LogP contribution is -2.46. The summed E-state index contributed by atoms with van der Waals surface area (Å²) in [5.41, 5.74) is 1.92. The van der Waals surface area contributed by atoms with Gasteiger partial charge < -0.3 is 15.2 Å². The molecule has 4 rings (SSSR count). The highest BCUT2D eigenvalue weighted by atomic mass is 16.2. The van der Waals surface area contributed by atoms with Crippen molar-refractivity contribution in [3.8, 4) is 0 Å². The van der Waals surface area contributed by atoms with Crippen molar-refractivity contribution in [2.24, 2.45) is 5.92 Å². The maximum absolute atomic E-state index is 12.7. The summed E-state index contributed by atoms with van der Waals surface area (Å²) in [7, 11) is 0. The van der Waals surface area contributed by atoms with Crippen LogP contribution < -0.4 is 11.0 Å². The molecule has 2 amide bonds. The van der Waals surface area contributed by atoms with E-state index in [4.69, 9.17) is 0 Å². The fourth-order valence-electron chi connectivity index (χ4n) is 4.78. The van der Waals surface area contributed by atoms with Gasteiger partial charge in [-0.2, -0.15) is 0 Å². The van der Waals surface area contributed by atoms with Crippen LogP contribution in [0.5, 0.6) is 0 Å². The summed E-state index contributed by atoms with van der Waals surface area (Å²) >= 11 is 0. The molecule has 2 aliphatic rings. The lowest BCUT2D eigenvalue weighted by atomic mass is 9.99. The minimum Gasteiger partial charge on any atom is -0.352 e. The average Bonchev–Trinajstić information content (AvgIpc) is 3.09. The number of aromatic nitrogens is 2. The number of hydrogen-bond acceptors (Lipinski definition) is 4. The van der Waals surface area contributed by atoms with E-state index in [9.17, 15) is 14.4 Å². The van der Waals surface area contributed by atoms with Crippen LogP contribution in [0.25, 0.3) is 11.0 Å². The fraction of sp³-hybridized carbons (Fsp3) is 0.609. The van der Waals surface area contributed by atoms with Crippen molar-refractivity contribution < 1.29 is 9.59 Å². The molecule has 8 heteroatoms. The van der Waals surface area contributed by atoms with Gasteiger partial charge >= 0.3 is 5.69 Å². The van der Waals surface area contributed by atoms with Gasteiger partial charge in [-0.3, -0.25) is 19.1 Å². The smallest absolute Gasteiger partial charge is 0.326 e. The Morgan fingerprint density at radius 2 is 1.81 bits per heavy atom. The number of benzene rings is 1. The van der Waals surface area contributed by atoms with Crippen LogP contribution in [-0.2, 0) is 4.79 Å². The largest absolute Gasteiger partial charge is 0.352 e.